The van der Waals surface area contributed by atoms with Crippen LogP contribution in [0.25, 0.3) is 0 Å². The number of amides is 2. The number of aryl methyl sites for hydroxylation is 1. The number of benzene rings is 1. The van der Waals surface area contributed by atoms with Gasteiger partial charge in [-0.1, -0.05) is 19.1 Å². The molecule has 0 saturated carbocycles. The van der Waals surface area contributed by atoms with Crippen molar-refractivity contribution in [1.29, 1.82) is 0 Å². The highest BCUT2D eigenvalue weighted by atomic mass is 16.5. The summed E-state index contributed by atoms with van der Waals surface area (Å²) in [5.41, 5.74) is 1.17. The van der Waals surface area contributed by atoms with Crippen molar-refractivity contribution in [2.24, 2.45) is 0 Å². The summed E-state index contributed by atoms with van der Waals surface area (Å²) in [7, 11) is 0. The summed E-state index contributed by atoms with van der Waals surface area (Å²) in [5, 5.41) is 2.73. The van der Waals surface area contributed by atoms with E-state index in [1.807, 2.05) is 24.3 Å². The largest absolute Gasteiger partial charge is 0.484 e. The van der Waals surface area contributed by atoms with Gasteiger partial charge in [0, 0.05) is 13.1 Å². The molecule has 0 spiro atoms. The maximum atomic E-state index is 12.1. The predicted octanol–water partition coefficient (Wildman–Crippen LogP) is 0.975. The molecule has 0 aromatic heterocycles. The Morgan fingerprint density at radius 1 is 1.50 bits per heavy atom. The molecule has 0 radical (unpaired) electrons. The summed E-state index contributed by atoms with van der Waals surface area (Å²) in [6, 6.07) is 7.27. The minimum atomic E-state index is -0.429. The lowest BCUT2D eigenvalue weighted by atomic mass is 10.2. The van der Waals surface area contributed by atoms with E-state index >= 15 is 0 Å². The number of carbonyl (C=O) groups is 2. The molecule has 1 N–H and O–H groups in total. The van der Waals surface area contributed by atoms with Gasteiger partial charge >= 0.3 is 0 Å². The molecule has 1 heterocycles. The molecule has 108 valence electrons. The quantitative estimate of drug-likeness (QED) is 0.891. The third-order valence-electron chi connectivity index (χ3n) is 3.49. The van der Waals surface area contributed by atoms with Crippen molar-refractivity contribution in [3.8, 4) is 5.75 Å². The van der Waals surface area contributed by atoms with Crippen LogP contribution in [0.5, 0.6) is 5.75 Å². The summed E-state index contributed by atoms with van der Waals surface area (Å²) in [6.07, 6.45) is 0.925. The predicted molar refractivity (Wildman–Crippen MR) is 75.5 cm³/mol. The number of hydrogen-bond acceptors (Lipinski definition) is 3. The monoisotopic (exact) mass is 276 g/mol. The molecule has 1 aromatic rings. The van der Waals surface area contributed by atoms with Gasteiger partial charge in [-0.15, -0.1) is 0 Å². The fourth-order valence-electron chi connectivity index (χ4n) is 2.21. The van der Waals surface area contributed by atoms with E-state index in [1.165, 1.54) is 5.56 Å². The van der Waals surface area contributed by atoms with Crippen LogP contribution in [-0.2, 0) is 16.0 Å². The molecule has 1 unspecified atom stereocenters. The van der Waals surface area contributed by atoms with Gasteiger partial charge in [-0.05, 0) is 31.0 Å². The smallest absolute Gasteiger partial charge is 0.261 e. The van der Waals surface area contributed by atoms with Crippen LogP contribution in [0.1, 0.15) is 19.4 Å². The minimum absolute atomic E-state index is 0.0369. The highest BCUT2D eigenvalue weighted by Gasteiger charge is 2.29. The molecule has 5 heteroatoms. The Morgan fingerprint density at radius 2 is 2.30 bits per heavy atom. The molecule has 2 rings (SSSR count). The first-order valence-corrected chi connectivity index (χ1v) is 6.90. The fraction of sp³-hybridized carbons (Fsp3) is 0.467. The zero-order valence-corrected chi connectivity index (χ0v) is 11.9. The first-order chi connectivity index (χ1) is 9.61. The van der Waals surface area contributed by atoms with Crippen LogP contribution in [0.3, 0.4) is 0 Å². The van der Waals surface area contributed by atoms with Crippen molar-refractivity contribution in [3.05, 3.63) is 29.8 Å². The van der Waals surface area contributed by atoms with Gasteiger partial charge in [0.05, 0.1) is 0 Å². The standard InChI is InChI=1S/C15H20N2O3/c1-3-12-5-4-6-13(9-12)20-10-14(18)17-8-7-16-15(19)11(17)2/h4-6,9,11H,3,7-8,10H2,1-2H3,(H,16,19). The highest BCUT2D eigenvalue weighted by molar-refractivity contribution is 5.89. The second-order valence-corrected chi connectivity index (χ2v) is 4.84. The molecule has 1 aliphatic rings. The number of rotatable bonds is 4. The SMILES string of the molecule is CCc1cccc(OCC(=O)N2CCNC(=O)C2C)c1. The molecule has 1 aromatic carbocycles. The number of nitrogens with zero attached hydrogens (tertiary/aromatic N) is 1. The Hall–Kier alpha value is -2.04. The van der Waals surface area contributed by atoms with E-state index in [0.29, 0.717) is 18.8 Å². The van der Waals surface area contributed by atoms with Crippen LogP contribution in [0.15, 0.2) is 24.3 Å². The van der Waals surface area contributed by atoms with E-state index < -0.39 is 6.04 Å². The average Bonchev–Trinajstić information content (AvgIpc) is 2.48. The van der Waals surface area contributed by atoms with Gasteiger partial charge in [0.15, 0.2) is 6.61 Å². The van der Waals surface area contributed by atoms with Gasteiger partial charge in [-0.25, -0.2) is 0 Å². The Balaban J connectivity index is 1.92. The van der Waals surface area contributed by atoms with Gasteiger partial charge in [0.1, 0.15) is 11.8 Å². The normalized spacial score (nSPS) is 18.6. The van der Waals surface area contributed by atoms with Crippen LogP contribution in [-0.4, -0.2) is 42.5 Å². The topological polar surface area (TPSA) is 58.6 Å². The first kappa shape index (κ1) is 14.4. The lowest BCUT2D eigenvalue weighted by Crippen LogP contribution is -2.56. The molecule has 1 atom stereocenters. The van der Waals surface area contributed by atoms with Crippen LogP contribution in [0.4, 0.5) is 0 Å². The summed E-state index contributed by atoms with van der Waals surface area (Å²) in [4.78, 5) is 25.2. The lowest BCUT2D eigenvalue weighted by molar-refractivity contribution is -0.143. The van der Waals surface area contributed by atoms with Crippen LogP contribution < -0.4 is 10.1 Å². The second kappa shape index (κ2) is 6.41. The van der Waals surface area contributed by atoms with Crippen molar-refractivity contribution in [3.63, 3.8) is 0 Å². The maximum absolute atomic E-state index is 12.1. The van der Waals surface area contributed by atoms with E-state index in [1.54, 1.807) is 11.8 Å². The first-order valence-electron chi connectivity index (χ1n) is 6.90. The van der Waals surface area contributed by atoms with Crippen molar-refractivity contribution >= 4 is 11.8 Å². The molecule has 2 amide bonds. The Kier molecular flexibility index (Phi) is 4.61. The average molecular weight is 276 g/mol. The zero-order valence-electron chi connectivity index (χ0n) is 11.9. The Labute approximate surface area is 118 Å². The van der Waals surface area contributed by atoms with Crippen molar-refractivity contribution in [1.82, 2.24) is 10.2 Å². The van der Waals surface area contributed by atoms with Gasteiger partial charge in [-0.3, -0.25) is 9.59 Å². The zero-order chi connectivity index (χ0) is 14.5. The van der Waals surface area contributed by atoms with E-state index in [0.717, 1.165) is 6.42 Å². The van der Waals surface area contributed by atoms with Gasteiger partial charge in [0.25, 0.3) is 5.91 Å². The number of nitrogens with one attached hydrogen (secondary N) is 1. The van der Waals surface area contributed by atoms with Crippen LogP contribution in [0, 0.1) is 0 Å². The van der Waals surface area contributed by atoms with Crippen LogP contribution in [0.2, 0.25) is 0 Å². The van der Waals surface area contributed by atoms with E-state index in [4.69, 9.17) is 4.74 Å². The fourth-order valence-corrected chi connectivity index (χ4v) is 2.21. The molecular formula is C15H20N2O3. The number of piperazine rings is 1. The molecule has 0 aliphatic carbocycles. The molecule has 1 aliphatic heterocycles. The van der Waals surface area contributed by atoms with Crippen molar-refractivity contribution in [2.45, 2.75) is 26.3 Å². The van der Waals surface area contributed by atoms with Crippen molar-refractivity contribution in [2.75, 3.05) is 19.7 Å². The Bertz CT molecular complexity index is 502. The Morgan fingerprint density at radius 3 is 3.05 bits per heavy atom. The second-order valence-electron chi connectivity index (χ2n) is 4.84. The van der Waals surface area contributed by atoms with Gasteiger partial charge in [-0.2, -0.15) is 0 Å². The molecular weight excluding hydrogens is 256 g/mol. The van der Waals surface area contributed by atoms with Gasteiger partial charge < -0.3 is 15.0 Å². The number of ether oxygens (including phenoxy) is 1. The maximum Gasteiger partial charge on any atom is 0.261 e. The van der Waals surface area contributed by atoms with E-state index in [2.05, 4.69) is 12.2 Å². The van der Waals surface area contributed by atoms with Crippen LogP contribution >= 0.6 is 0 Å². The summed E-state index contributed by atoms with van der Waals surface area (Å²) in [5.74, 6) is 0.415. The van der Waals surface area contributed by atoms with Gasteiger partial charge in [0.2, 0.25) is 5.91 Å². The minimum Gasteiger partial charge on any atom is -0.484 e. The summed E-state index contributed by atoms with van der Waals surface area (Å²) in [6.45, 7) is 4.79. The third kappa shape index (κ3) is 3.29. The molecule has 20 heavy (non-hydrogen) atoms. The molecule has 0 bridgehead atoms. The van der Waals surface area contributed by atoms with Crippen molar-refractivity contribution < 1.29 is 14.3 Å². The third-order valence-corrected chi connectivity index (χ3v) is 3.49. The number of hydrogen-bond donors (Lipinski definition) is 1. The lowest BCUT2D eigenvalue weighted by Gasteiger charge is -2.32. The molecule has 1 saturated heterocycles. The highest BCUT2D eigenvalue weighted by Crippen LogP contribution is 2.14. The summed E-state index contributed by atoms with van der Waals surface area (Å²) < 4.78 is 5.52. The summed E-state index contributed by atoms with van der Waals surface area (Å²) >= 11 is 0. The van der Waals surface area contributed by atoms with E-state index in [9.17, 15) is 9.59 Å². The number of carbonyl (C=O) groups excluding carboxylic acids is 2. The molecule has 1 fully saturated rings. The van der Waals surface area contributed by atoms with E-state index in [-0.39, 0.29) is 18.4 Å². The molecule has 5 nitrogen and oxygen atoms in total.